The molecule has 0 saturated heterocycles. The summed E-state index contributed by atoms with van der Waals surface area (Å²) in [7, 11) is 4.00. The lowest BCUT2D eigenvalue weighted by atomic mass is 10.1. The minimum atomic E-state index is -0.953. The van der Waals surface area contributed by atoms with Gasteiger partial charge in [0.05, 0.1) is 114 Å². The molecule has 0 aromatic carbocycles. The second-order valence-electron chi connectivity index (χ2n) is 11.4. The molecule has 12 nitrogen and oxygen atoms in total. The minimum Gasteiger partial charge on any atom is -0.382 e. The van der Waals surface area contributed by atoms with E-state index in [0.717, 1.165) is 0 Å². The maximum Gasteiger partial charge on any atom is 0.640 e. The number of hydrogen-bond donors (Lipinski definition) is 0. The van der Waals surface area contributed by atoms with Gasteiger partial charge in [-0.3, -0.25) is 0 Å². The Balaban J connectivity index is 4.87. The van der Waals surface area contributed by atoms with Crippen molar-refractivity contribution < 1.29 is 56.6 Å². The Morgan fingerprint density at radius 3 is 0.698 bits per heavy atom. The minimum absolute atomic E-state index is 0.00519. The topological polar surface area (TPSA) is 111 Å². The van der Waals surface area contributed by atoms with Crippen molar-refractivity contribution in [1.82, 2.24) is 0 Å². The zero-order valence-electron chi connectivity index (χ0n) is 29.0. The Hall–Kier alpha value is -0.415. The van der Waals surface area contributed by atoms with Crippen molar-refractivity contribution in [2.24, 2.45) is 0 Å². The number of hydrogen-bond acceptors (Lipinski definition) is 12. The van der Waals surface area contributed by atoms with Gasteiger partial charge in [-0.2, -0.15) is 0 Å². The van der Waals surface area contributed by atoms with Crippen LogP contribution in [0.1, 0.15) is 62.3 Å². The van der Waals surface area contributed by atoms with Crippen molar-refractivity contribution >= 4 is 7.32 Å². The van der Waals surface area contributed by atoms with Gasteiger partial charge in [0.25, 0.3) is 0 Å². The first-order valence-electron chi connectivity index (χ1n) is 15.5. The predicted octanol–water partition coefficient (Wildman–Crippen LogP) is 3.56. The summed E-state index contributed by atoms with van der Waals surface area (Å²) in [6, 6.07) is 0. The highest BCUT2D eigenvalue weighted by Crippen LogP contribution is 2.10. The summed E-state index contributed by atoms with van der Waals surface area (Å²) in [5.74, 6) is 0. The smallest absolute Gasteiger partial charge is 0.382 e. The van der Waals surface area contributed by atoms with E-state index in [9.17, 15) is 0 Å². The Morgan fingerprint density at radius 1 is 0.302 bits per heavy atom. The van der Waals surface area contributed by atoms with E-state index in [-0.39, 0.29) is 54.9 Å². The monoisotopic (exact) mass is 626 g/mol. The van der Waals surface area contributed by atoms with Gasteiger partial charge in [-0.15, -0.1) is 0 Å². The van der Waals surface area contributed by atoms with Crippen LogP contribution in [0.15, 0.2) is 0 Å². The van der Waals surface area contributed by atoms with Crippen LogP contribution in [0.3, 0.4) is 0 Å². The number of methoxy groups -OCH3 is 3. The van der Waals surface area contributed by atoms with Gasteiger partial charge in [-0.25, -0.2) is 0 Å². The third kappa shape index (κ3) is 25.5. The van der Waals surface area contributed by atoms with E-state index >= 15 is 0 Å². The molecule has 0 bridgehead atoms. The molecule has 0 saturated carbocycles. The molecule has 9 unspecified atom stereocenters. The van der Waals surface area contributed by atoms with Crippen molar-refractivity contribution in [3.63, 3.8) is 0 Å². The second-order valence-corrected chi connectivity index (χ2v) is 11.4. The van der Waals surface area contributed by atoms with E-state index in [2.05, 4.69) is 0 Å². The van der Waals surface area contributed by atoms with Crippen LogP contribution in [0.4, 0.5) is 0 Å². The van der Waals surface area contributed by atoms with Gasteiger partial charge in [-0.05, 0) is 62.3 Å². The lowest BCUT2D eigenvalue weighted by Crippen LogP contribution is -2.41. The van der Waals surface area contributed by atoms with E-state index in [1.54, 1.807) is 21.3 Å². The van der Waals surface area contributed by atoms with Gasteiger partial charge in [0, 0.05) is 21.3 Å². The first-order chi connectivity index (χ1) is 20.4. The van der Waals surface area contributed by atoms with Crippen LogP contribution >= 0.6 is 0 Å². The van der Waals surface area contributed by atoms with Crippen LogP contribution in [0, 0.1) is 0 Å². The molecule has 0 spiro atoms. The zero-order chi connectivity index (χ0) is 32.6. The van der Waals surface area contributed by atoms with Crippen LogP contribution in [-0.2, 0) is 56.6 Å². The number of ether oxygens (including phenoxy) is 9. The van der Waals surface area contributed by atoms with Gasteiger partial charge in [0.1, 0.15) is 0 Å². The second kappa shape index (κ2) is 26.8. The summed E-state index contributed by atoms with van der Waals surface area (Å²) >= 11 is 0. The molecule has 0 N–H and O–H groups in total. The SMILES string of the molecule is COCC(C)OCC(C)OCC(C)OB(OC(C)COC(C)COC(C)COC)OC(C)COC(C)COC(C)COC. The molecule has 0 aliphatic carbocycles. The van der Waals surface area contributed by atoms with Gasteiger partial charge < -0.3 is 56.6 Å². The summed E-state index contributed by atoms with van der Waals surface area (Å²) in [5.41, 5.74) is 0. The third-order valence-corrected chi connectivity index (χ3v) is 5.93. The molecule has 258 valence electrons. The highest BCUT2D eigenvalue weighted by Gasteiger charge is 2.30. The summed E-state index contributed by atoms with van der Waals surface area (Å²) in [4.78, 5) is 0. The van der Waals surface area contributed by atoms with E-state index in [1.807, 2.05) is 62.3 Å². The largest absolute Gasteiger partial charge is 0.640 e. The Labute approximate surface area is 262 Å². The molecule has 0 aliphatic rings. The normalized spacial score (nSPS) is 18.4. The molecular weight excluding hydrogens is 563 g/mol. The van der Waals surface area contributed by atoms with Gasteiger partial charge in [0.15, 0.2) is 0 Å². The van der Waals surface area contributed by atoms with E-state index in [1.165, 1.54) is 0 Å². The summed E-state index contributed by atoms with van der Waals surface area (Å²) in [6.45, 7) is 21.4. The lowest BCUT2D eigenvalue weighted by molar-refractivity contribution is -0.0903. The van der Waals surface area contributed by atoms with Gasteiger partial charge in [-0.1, -0.05) is 0 Å². The van der Waals surface area contributed by atoms with Crippen LogP contribution < -0.4 is 0 Å². The highest BCUT2D eigenvalue weighted by atomic mass is 16.8. The van der Waals surface area contributed by atoms with Crippen molar-refractivity contribution in [1.29, 1.82) is 0 Å². The molecule has 9 atom stereocenters. The molecule has 0 radical (unpaired) electrons. The maximum absolute atomic E-state index is 6.11. The summed E-state index contributed by atoms with van der Waals surface area (Å²) in [5, 5.41) is 0. The highest BCUT2D eigenvalue weighted by molar-refractivity contribution is 6.36. The fourth-order valence-electron chi connectivity index (χ4n) is 3.57. The molecule has 0 aromatic heterocycles. The van der Waals surface area contributed by atoms with Crippen molar-refractivity contribution in [3.05, 3.63) is 0 Å². The summed E-state index contributed by atoms with van der Waals surface area (Å²) < 4.78 is 68.7. The van der Waals surface area contributed by atoms with Crippen molar-refractivity contribution in [2.45, 2.75) is 117 Å². The molecule has 0 amide bonds. The molecule has 0 aromatic rings. The average Bonchev–Trinajstić information content (AvgIpc) is 2.95. The van der Waals surface area contributed by atoms with E-state index < -0.39 is 7.32 Å². The Bertz CT molecular complexity index is 541. The lowest BCUT2D eigenvalue weighted by Gasteiger charge is -2.27. The molecule has 43 heavy (non-hydrogen) atoms. The first kappa shape index (κ1) is 42.6. The standard InChI is InChI=1S/C30H63BO12/c1-22(13-32-10)35-16-25(4)38-19-28(7)41-31(42-29(8)20-39-26(5)17-36-23(2)14-33-11)43-30(9)21-40-27(6)18-37-24(3)15-34-12/h22-30H,13-21H2,1-12H3. The third-order valence-electron chi connectivity index (χ3n) is 5.93. The van der Waals surface area contributed by atoms with Crippen LogP contribution in [0.5, 0.6) is 0 Å². The average molecular weight is 627 g/mol. The van der Waals surface area contributed by atoms with E-state index in [0.29, 0.717) is 59.5 Å². The van der Waals surface area contributed by atoms with Crippen molar-refractivity contribution in [3.8, 4) is 0 Å². The van der Waals surface area contributed by atoms with Crippen LogP contribution in [0.2, 0.25) is 0 Å². The van der Waals surface area contributed by atoms with Crippen LogP contribution in [0.25, 0.3) is 0 Å². The van der Waals surface area contributed by atoms with Crippen LogP contribution in [-0.4, -0.2) is 143 Å². The molecular formula is C30H63BO12. The van der Waals surface area contributed by atoms with Gasteiger partial charge in [0.2, 0.25) is 0 Å². The molecule has 0 fully saturated rings. The first-order valence-corrected chi connectivity index (χ1v) is 15.5. The maximum atomic E-state index is 6.11. The summed E-state index contributed by atoms with van der Waals surface area (Å²) in [6.07, 6.45) is -1.29. The predicted molar refractivity (Wildman–Crippen MR) is 166 cm³/mol. The fraction of sp³-hybridized carbons (Fsp3) is 1.00. The molecule has 13 heteroatoms. The van der Waals surface area contributed by atoms with E-state index in [4.69, 9.17) is 56.6 Å². The number of rotatable bonds is 30. The molecule has 0 heterocycles. The fourth-order valence-corrected chi connectivity index (χ4v) is 3.57. The van der Waals surface area contributed by atoms with Crippen molar-refractivity contribution in [2.75, 3.05) is 80.8 Å². The Kier molecular flexibility index (Phi) is 26.5. The molecule has 0 rings (SSSR count). The Morgan fingerprint density at radius 2 is 0.488 bits per heavy atom. The van der Waals surface area contributed by atoms with Gasteiger partial charge >= 0.3 is 7.32 Å². The molecule has 0 aliphatic heterocycles. The quantitative estimate of drug-likeness (QED) is 0.109. The zero-order valence-corrected chi connectivity index (χ0v) is 29.0.